The van der Waals surface area contributed by atoms with E-state index >= 15 is 0 Å². The fraction of sp³-hybridized carbons (Fsp3) is 0.107. The molecule has 0 fully saturated rings. The van der Waals surface area contributed by atoms with E-state index in [1.165, 1.54) is 0 Å². The zero-order valence-electron chi connectivity index (χ0n) is 19.4. The average Bonchev–Trinajstić information content (AvgIpc) is 2.90. The molecule has 1 N–H and O–H groups in total. The quantitative estimate of drug-likeness (QED) is 0.333. The number of rotatable bonds is 6. The van der Waals surface area contributed by atoms with Crippen LogP contribution in [0.15, 0.2) is 85.3 Å². The molecule has 35 heavy (non-hydrogen) atoms. The molecule has 1 amide bonds. The third-order valence-corrected chi connectivity index (χ3v) is 5.60. The van der Waals surface area contributed by atoms with E-state index in [4.69, 9.17) is 4.74 Å². The molecule has 0 aliphatic rings. The van der Waals surface area contributed by atoms with Gasteiger partial charge in [0.15, 0.2) is 0 Å². The summed E-state index contributed by atoms with van der Waals surface area (Å²) < 4.78 is 6.18. The Labute approximate surface area is 202 Å². The van der Waals surface area contributed by atoms with Crippen LogP contribution < -0.4 is 10.1 Å². The van der Waals surface area contributed by atoms with Gasteiger partial charge in [-0.05, 0) is 61.0 Å². The number of carbonyl (C=O) groups is 1. The van der Waals surface area contributed by atoms with Crippen LogP contribution >= 0.6 is 0 Å². The Morgan fingerprint density at radius 1 is 0.914 bits per heavy atom. The standard InChI is InChI=1S/C28H23N5O2/c1-3-26-30-16-13-24(33-26)22-8-6-14-31-28(22)35-25-11-10-19(17-18(25)2)32-27(34)21-12-15-29-23-9-5-4-7-20(21)23/h4-17H,3H2,1-2H3,(H,32,34). The third-order valence-electron chi connectivity index (χ3n) is 5.60. The number of pyridine rings is 2. The van der Waals surface area contributed by atoms with E-state index in [0.29, 0.717) is 22.9 Å². The normalized spacial score (nSPS) is 10.8. The van der Waals surface area contributed by atoms with Gasteiger partial charge in [-0.2, -0.15) is 0 Å². The molecule has 5 aromatic rings. The average molecular weight is 462 g/mol. The summed E-state index contributed by atoms with van der Waals surface area (Å²) in [5, 5.41) is 3.79. The molecule has 0 unspecified atom stereocenters. The van der Waals surface area contributed by atoms with Crippen molar-refractivity contribution in [1.29, 1.82) is 0 Å². The number of aromatic nitrogens is 4. The number of hydrogen-bond acceptors (Lipinski definition) is 6. The number of fused-ring (bicyclic) bond motifs is 1. The van der Waals surface area contributed by atoms with E-state index in [2.05, 4.69) is 25.3 Å². The van der Waals surface area contributed by atoms with Gasteiger partial charge in [0.2, 0.25) is 5.88 Å². The van der Waals surface area contributed by atoms with Crippen LogP contribution in [-0.2, 0) is 6.42 Å². The van der Waals surface area contributed by atoms with Gasteiger partial charge in [0, 0.05) is 36.1 Å². The predicted octanol–water partition coefficient (Wildman–Crippen LogP) is 6.00. The first-order valence-corrected chi connectivity index (χ1v) is 11.3. The minimum absolute atomic E-state index is 0.195. The highest BCUT2D eigenvalue weighted by Gasteiger charge is 2.14. The Kier molecular flexibility index (Phi) is 6.13. The number of carbonyl (C=O) groups excluding carboxylic acids is 1. The maximum Gasteiger partial charge on any atom is 0.256 e. The first-order valence-electron chi connectivity index (χ1n) is 11.3. The first kappa shape index (κ1) is 22.2. The van der Waals surface area contributed by atoms with Crippen LogP contribution in [0.5, 0.6) is 11.6 Å². The van der Waals surface area contributed by atoms with Crippen molar-refractivity contribution in [3.63, 3.8) is 0 Å². The van der Waals surface area contributed by atoms with E-state index in [1.807, 2.05) is 74.5 Å². The number of amides is 1. The molecule has 0 aliphatic heterocycles. The summed E-state index contributed by atoms with van der Waals surface area (Å²) in [6.07, 6.45) is 5.81. The summed E-state index contributed by atoms with van der Waals surface area (Å²) >= 11 is 0. The third kappa shape index (κ3) is 4.70. The molecule has 3 heterocycles. The number of nitrogens with zero attached hydrogens (tertiary/aromatic N) is 4. The smallest absolute Gasteiger partial charge is 0.256 e. The van der Waals surface area contributed by atoms with Gasteiger partial charge in [-0.15, -0.1) is 0 Å². The number of nitrogens with one attached hydrogen (secondary N) is 1. The summed E-state index contributed by atoms with van der Waals surface area (Å²) in [6, 6.07) is 20.4. The minimum Gasteiger partial charge on any atom is -0.438 e. The maximum atomic E-state index is 13.0. The second-order valence-electron chi connectivity index (χ2n) is 7.98. The highest BCUT2D eigenvalue weighted by Crippen LogP contribution is 2.32. The van der Waals surface area contributed by atoms with Gasteiger partial charge in [0.1, 0.15) is 11.6 Å². The van der Waals surface area contributed by atoms with Gasteiger partial charge in [-0.3, -0.25) is 9.78 Å². The Balaban J connectivity index is 1.38. The number of para-hydroxylation sites is 1. The van der Waals surface area contributed by atoms with Crippen LogP contribution in [0.4, 0.5) is 5.69 Å². The summed E-state index contributed by atoms with van der Waals surface area (Å²) in [5.41, 5.74) is 4.42. The van der Waals surface area contributed by atoms with Crippen molar-refractivity contribution in [3.05, 3.63) is 102 Å². The molecule has 172 valence electrons. The van der Waals surface area contributed by atoms with Crippen molar-refractivity contribution in [2.45, 2.75) is 20.3 Å². The SMILES string of the molecule is CCc1nccc(-c2cccnc2Oc2ccc(NC(=O)c3ccnc4ccccc34)cc2C)n1. The van der Waals surface area contributed by atoms with Gasteiger partial charge in [0.05, 0.1) is 22.3 Å². The van der Waals surface area contributed by atoms with Crippen LogP contribution in [0.3, 0.4) is 0 Å². The van der Waals surface area contributed by atoms with Crippen molar-refractivity contribution in [2.75, 3.05) is 5.32 Å². The molecule has 0 spiro atoms. The van der Waals surface area contributed by atoms with Crippen LogP contribution in [0.2, 0.25) is 0 Å². The molecule has 0 aliphatic carbocycles. The van der Waals surface area contributed by atoms with Crippen molar-refractivity contribution in [3.8, 4) is 22.9 Å². The molecule has 3 aromatic heterocycles. The highest BCUT2D eigenvalue weighted by atomic mass is 16.5. The summed E-state index contributed by atoms with van der Waals surface area (Å²) in [5.74, 6) is 1.66. The van der Waals surface area contributed by atoms with Crippen LogP contribution in [-0.4, -0.2) is 25.8 Å². The molecule has 7 nitrogen and oxygen atoms in total. The van der Waals surface area contributed by atoms with Gasteiger partial charge >= 0.3 is 0 Å². The fourth-order valence-electron chi connectivity index (χ4n) is 3.82. The van der Waals surface area contributed by atoms with Gasteiger partial charge in [-0.1, -0.05) is 25.1 Å². The molecular weight excluding hydrogens is 438 g/mol. The molecule has 0 saturated heterocycles. The highest BCUT2D eigenvalue weighted by molar-refractivity contribution is 6.12. The molecule has 0 atom stereocenters. The minimum atomic E-state index is -0.195. The van der Waals surface area contributed by atoms with E-state index in [9.17, 15) is 4.79 Å². The lowest BCUT2D eigenvalue weighted by Gasteiger charge is -2.13. The van der Waals surface area contributed by atoms with E-state index in [0.717, 1.165) is 40.0 Å². The summed E-state index contributed by atoms with van der Waals surface area (Å²) in [7, 11) is 0. The summed E-state index contributed by atoms with van der Waals surface area (Å²) in [6.45, 7) is 3.94. The van der Waals surface area contributed by atoms with Gasteiger partial charge in [0.25, 0.3) is 5.91 Å². The van der Waals surface area contributed by atoms with Gasteiger partial charge in [-0.25, -0.2) is 15.0 Å². The Bertz CT molecular complexity index is 1530. The number of hydrogen-bond donors (Lipinski definition) is 1. The number of benzene rings is 2. The van der Waals surface area contributed by atoms with Crippen LogP contribution in [0, 0.1) is 6.92 Å². The van der Waals surface area contributed by atoms with E-state index in [-0.39, 0.29) is 5.91 Å². The van der Waals surface area contributed by atoms with Crippen LogP contribution in [0.25, 0.3) is 22.2 Å². The molecule has 2 aromatic carbocycles. The van der Waals surface area contributed by atoms with Crippen molar-refractivity contribution >= 4 is 22.5 Å². The Hall–Kier alpha value is -4.65. The molecule has 0 radical (unpaired) electrons. The predicted molar refractivity (Wildman–Crippen MR) is 136 cm³/mol. The molecule has 0 saturated carbocycles. The lowest BCUT2D eigenvalue weighted by atomic mass is 10.1. The van der Waals surface area contributed by atoms with E-state index in [1.54, 1.807) is 24.7 Å². The van der Waals surface area contributed by atoms with Crippen molar-refractivity contribution in [2.24, 2.45) is 0 Å². The second-order valence-corrected chi connectivity index (χ2v) is 7.98. The molecule has 5 rings (SSSR count). The number of ether oxygens (including phenoxy) is 1. The molecular formula is C28H23N5O2. The van der Waals surface area contributed by atoms with E-state index < -0.39 is 0 Å². The maximum absolute atomic E-state index is 13.0. The molecule has 0 bridgehead atoms. The Morgan fingerprint density at radius 2 is 1.77 bits per heavy atom. The lowest BCUT2D eigenvalue weighted by molar-refractivity contribution is 0.102. The monoisotopic (exact) mass is 461 g/mol. The van der Waals surface area contributed by atoms with Crippen LogP contribution in [0.1, 0.15) is 28.7 Å². The largest absolute Gasteiger partial charge is 0.438 e. The summed E-state index contributed by atoms with van der Waals surface area (Å²) in [4.78, 5) is 30.6. The topological polar surface area (TPSA) is 89.9 Å². The first-order chi connectivity index (χ1) is 17.1. The zero-order chi connectivity index (χ0) is 24.2. The van der Waals surface area contributed by atoms with Gasteiger partial charge < -0.3 is 10.1 Å². The fourth-order valence-corrected chi connectivity index (χ4v) is 3.82. The molecule has 7 heteroatoms. The lowest BCUT2D eigenvalue weighted by Crippen LogP contribution is -2.12. The zero-order valence-corrected chi connectivity index (χ0v) is 19.4. The van der Waals surface area contributed by atoms with Crippen molar-refractivity contribution < 1.29 is 9.53 Å². The number of aryl methyl sites for hydroxylation is 2. The number of anilines is 1. The Morgan fingerprint density at radius 3 is 2.63 bits per heavy atom. The second kappa shape index (κ2) is 9.69. The van der Waals surface area contributed by atoms with Crippen molar-refractivity contribution in [1.82, 2.24) is 19.9 Å².